The molecule has 3 nitrogen and oxygen atoms in total. The number of anilines is 1. The van der Waals surface area contributed by atoms with Crippen molar-refractivity contribution in [2.45, 2.75) is 6.61 Å². The van der Waals surface area contributed by atoms with E-state index in [1.165, 1.54) is 30.3 Å². The van der Waals surface area contributed by atoms with E-state index in [1.54, 1.807) is 24.3 Å². The van der Waals surface area contributed by atoms with Gasteiger partial charge in [-0.25, -0.2) is 0 Å². The molecule has 0 aliphatic carbocycles. The third-order valence-corrected chi connectivity index (χ3v) is 3.29. The standard InChI is InChI=1S/C16H11Cl2F2NO2/c17-11-3-1-10(14(18)9-11)2-8-15(22)21-12-4-6-13(7-5-12)23-16(19)20/h1-9,16H,(H,21,22)/b8-2+. The zero-order valence-electron chi connectivity index (χ0n) is 11.6. The Hall–Kier alpha value is -2.11. The monoisotopic (exact) mass is 357 g/mol. The van der Waals surface area contributed by atoms with Crippen LogP contribution < -0.4 is 10.1 Å². The highest BCUT2D eigenvalue weighted by molar-refractivity contribution is 6.35. The van der Waals surface area contributed by atoms with E-state index in [0.717, 1.165) is 0 Å². The van der Waals surface area contributed by atoms with E-state index in [1.807, 2.05) is 0 Å². The van der Waals surface area contributed by atoms with Crippen LogP contribution in [0.15, 0.2) is 48.5 Å². The zero-order valence-corrected chi connectivity index (χ0v) is 13.1. The number of nitrogens with one attached hydrogen (secondary N) is 1. The van der Waals surface area contributed by atoms with Gasteiger partial charge in [0, 0.05) is 21.8 Å². The molecule has 0 aliphatic heterocycles. The lowest BCUT2D eigenvalue weighted by Gasteiger charge is -2.06. The predicted molar refractivity (Wildman–Crippen MR) is 87.2 cm³/mol. The molecule has 2 rings (SSSR count). The van der Waals surface area contributed by atoms with Crippen molar-refractivity contribution < 1.29 is 18.3 Å². The number of hydrogen-bond donors (Lipinski definition) is 1. The molecule has 1 N–H and O–H groups in total. The summed E-state index contributed by atoms with van der Waals surface area (Å²) in [6, 6.07) is 10.5. The average molecular weight is 358 g/mol. The maximum absolute atomic E-state index is 12.0. The Balaban J connectivity index is 1.97. The van der Waals surface area contributed by atoms with Crippen LogP contribution >= 0.6 is 23.2 Å². The van der Waals surface area contributed by atoms with Gasteiger partial charge in [0.25, 0.3) is 0 Å². The molecule has 0 bridgehead atoms. The number of halogens is 4. The van der Waals surface area contributed by atoms with Crippen LogP contribution in [0.3, 0.4) is 0 Å². The molecule has 120 valence electrons. The molecule has 2 aromatic carbocycles. The minimum absolute atomic E-state index is 0.0153. The van der Waals surface area contributed by atoms with E-state index in [9.17, 15) is 13.6 Å². The molecular weight excluding hydrogens is 347 g/mol. The Labute approximate surface area is 141 Å². The van der Waals surface area contributed by atoms with Crippen LogP contribution in [-0.2, 0) is 4.79 Å². The summed E-state index contributed by atoms with van der Waals surface area (Å²) in [6.45, 7) is -2.89. The number of carbonyl (C=O) groups is 1. The van der Waals surface area contributed by atoms with Crippen molar-refractivity contribution in [3.63, 3.8) is 0 Å². The van der Waals surface area contributed by atoms with Crippen molar-refractivity contribution in [1.82, 2.24) is 0 Å². The van der Waals surface area contributed by atoms with E-state index >= 15 is 0 Å². The van der Waals surface area contributed by atoms with Crippen LogP contribution in [0.25, 0.3) is 6.08 Å². The minimum atomic E-state index is -2.89. The quantitative estimate of drug-likeness (QED) is 0.742. The molecule has 0 unspecified atom stereocenters. The molecule has 0 fully saturated rings. The second kappa shape index (κ2) is 7.94. The van der Waals surface area contributed by atoms with Crippen LogP contribution in [0.5, 0.6) is 5.75 Å². The van der Waals surface area contributed by atoms with Crippen molar-refractivity contribution in [3.05, 3.63) is 64.1 Å². The van der Waals surface area contributed by atoms with Crippen molar-refractivity contribution in [1.29, 1.82) is 0 Å². The molecule has 0 aromatic heterocycles. The Morgan fingerprint density at radius 3 is 2.43 bits per heavy atom. The van der Waals surface area contributed by atoms with Crippen molar-refractivity contribution in [3.8, 4) is 5.75 Å². The van der Waals surface area contributed by atoms with Crippen LogP contribution in [0.1, 0.15) is 5.56 Å². The normalized spacial score (nSPS) is 11.0. The third kappa shape index (κ3) is 5.54. The Morgan fingerprint density at radius 2 is 1.83 bits per heavy atom. The van der Waals surface area contributed by atoms with Gasteiger partial charge in [-0.15, -0.1) is 0 Å². The van der Waals surface area contributed by atoms with E-state index in [2.05, 4.69) is 10.1 Å². The lowest BCUT2D eigenvalue weighted by atomic mass is 10.2. The van der Waals surface area contributed by atoms with Gasteiger partial charge in [0.1, 0.15) is 5.75 Å². The summed E-state index contributed by atoms with van der Waals surface area (Å²) >= 11 is 11.8. The summed E-state index contributed by atoms with van der Waals surface area (Å²) < 4.78 is 28.3. The molecule has 0 saturated heterocycles. The summed E-state index contributed by atoms with van der Waals surface area (Å²) in [4.78, 5) is 11.8. The number of rotatable bonds is 5. The number of amides is 1. The summed E-state index contributed by atoms with van der Waals surface area (Å²) in [7, 11) is 0. The first-order valence-corrected chi connectivity index (χ1v) is 7.18. The fraction of sp³-hybridized carbons (Fsp3) is 0.0625. The highest BCUT2D eigenvalue weighted by Crippen LogP contribution is 2.22. The first-order valence-electron chi connectivity index (χ1n) is 6.43. The van der Waals surface area contributed by atoms with Crippen LogP contribution in [0.4, 0.5) is 14.5 Å². The van der Waals surface area contributed by atoms with Crippen molar-refractivity contribution in [2.24, 2.45) is 0 Å². The van der Waals surface area contributed by atoms with Gasteiger partial charge < -0.3 is 10.1 Å². The van der Waals surface area contributed by atoms with Gasteiger partial charge in [-0.1, -0.05) is 29.3 Å². The minimum Gasteiger partial charge on any atom is -0.435 e. The van der Waals surface area contributed by atoms with E-state index in [-0.39, 0.29) is 5.75 Å². The number of benzene rings is 2. The summed E-state index contributed by atoms with van der Waals surface area (Å²) in [5, 5.41) is 3.51. The van der Waals surface area contributed by atoms with Gasteiger partial charge >= 0.3 is 6.61 Å². The highest BCUT2D eigenvalue weighted by atomic mass is 35.5. The molecule has 0 saturated carbocycles. The number of alkyl halides is 2. The molecule has 1 amide bonds. The van der Waals surface area contributed by atoms with Gasteiger partial charge in [0.2, 0.25) is 5.91 Å². The van der Waals surface area contributed by atoms with Gasteiger partial charge in [-0.3, -0.25) is 4.79 Å². The number of ether oxygens (including phenoxy) is 1. The molecule has 0 atom stereocenters. The second-order valence-electron chi connectivity index (χ2n) is 4.39. The van der Waals surface area contributed by atoms with Crippen LogP contribution in [0.2, 0.25) is 10.0 Å². The highest BCUT2D eigenvalue weighted by Gasteiger charge is 2.04. The lowest BCUT2D eigenvalue weighted by Crippen LogP contribution is -2.08. The maximum atomic E-state index is 12.0. The fourth-order valence-electron chi connectivity index (χ4n) is 1.71. The topological polar surface area (TPSA) is 38.3 Å². The Kier molecular flexibility index (Phi) is 5.96. The molecule has 0 heterocycles. The van der Waals surface area contributed by atoms with Crippen LogP contribution in [-0.4, -0.2) is 12.5 Å². The average Bonchev–Trinajstić information content (AvgIpc) is 2.48. The number of hydrogen-bond acceptors (Lipinski definition) is 2. The summed E-state index contributed by atoms with van der Waals surface area (Å²) in [5.74, 6) is -0.375. The molecule has 0 aliphatic rings. The fourth-order valence-corrected chi connectivity index (χ4v) is 2.18. The molecule has 7 heteroatoms. The van der Waals surface area contributed by atoms with Gasteiger partial charge in [-0.2, -0.15) is 8.78 Å². The predicted octanol–water partition coefficient (Wildman–Crippen LogP) is 5.25. The third-order valence-electron chi connectivity index (χ3n) is 2.72. The number of carbonyl (C=O) groups excluding carboxylic acids is 1. The smallest absolute Gasteiger partial charge is 0.387 e. The SMILES string of the molecule is O=C(/C=C/c1ccc(Cl)cc1Cl)Nc1ccc(OC(F)F)cc1. The van der Waals surface area contributed by atoms with Crippen molar-refractivity contribution in [2.75, 3.05) is 5.32 Å². The van der Waals surface area contributed by atoms with Gasteiger partial charge in [0.15, 0.2) is 0 Å². The second-order valence-corrected chi connectivity index (χ2v) is 5.23. The largest absolute Gasteiger partial charge is 0.435 e. The first kappa shape index (κ1) is 17.2. The van der Waals surface area contributed by atoms with Gasteiger partial charge in [0.05, 0.1) is 0 Å². The van der Waals surface area contributed by atoms with Gasteiger partial charge in [-0.05, 0) is 48.0 Å². The molecule has 0 spiro atoms. The zero-order chi connectivity index (χ0) is 16.8. The maximum Gasteiger partial charge on any atom is 0.387 e. The molecule has 2 aromatic rings. The van der Waals surface area contributed by atoms with Crippen LogP contribution in [0, 0.1) is 0 Å². The Morgan fingerprint density at radius 1 is 1.13 bits per heavy atom. The van der Waals surface area contributed by atoms with E-state index < -0.39 is 12.5 Å². The van der Waals surface area contributed by atoms with E-state index in [4.69, 9.17) is 23.2 Å². The van der Waals surface area contributed by atoms with Crippen molar-refractivity contribution >= 4 is 40.9 Å². The Bertz CT molecular complexity index is 719. The summed E-state index contributed by atoms with van der Waals surface area (Å²) in [5.41, 5.74) is 1.09. The molecule has 23 heavy (non-hydrogen) atoms. The lowest BCUT2D eigenvalue weighted by molar-refractivity contribution is -0.111. The summed E-state index contributed by atoms with van der Waals surface area (Å²) in [6.07, 6.45) is 2.85. The first-order chi connectivity index (χ1) is 10.9. The molecular formula is C16H11Cl2F2NO2. The van der Waals surface area contributed by atoms with E-state index in [0.29, 0.717) is 21.3 Å². The molecule has 0 radical (unpaired) electrons.